The minimum atomic E-state index is -0.946. The van der Waals surface area contributed by atoms with Crippen LogP contribution in [-0.2, 0) is 9.59 Å². The van der Waals surface area contributed by atoms with E-state index >= 15 is 0 Å². The monoisotopic (exact) mass is 480 g/mol. The zero-order valence-corrected chi connectivity index (χ0v) is 18.9. The first kappa shape index (κ1) is 22.4. The third kappa shape index (κ3) is 5.00. The van der Waals surface area contributed by atoms with Crippen molar-refractivity contribution >= 4 is 63.2 Å². The number of fused-ring (bicyclic) bond motifs is 1. The van der Waals surface area contributed by atoms with Gasteiger partial charge in [-0.15, -0.1) is 0 Å². The lowest BCUT2D eigenvalue weighted by molar-refractivity contribution is -0.133. The molecule has 0 spiro atoms. The Labute approximate surface area is 199 Å². The zero-order chi connectivity index (χ0) is 23.5. The van der Waals surface area contributed by atoms with Crippen LogP contribution in [0.5, 0.6) is 0 Å². The Bertz CT molecular complexity index is 1380. The summed E-state index contributed by atoms with van der Waals surface area (Å²) in [5.74, 6) is -2.33. The molecule has 166 valence electrons. The van der Waals surface area contributed by atoms with E-state index in [0.717, 1.165) is 5.56 Å². The van der Waals surface area contributed by atoms with Crippen LogP contribution in [0, 0.1) is 6.92 Å². The molecule has 33 heavy (non-hydrogen) atoms. The number of para-hydroxylation sites is 1. The first-order valence-corrected chi connectivity index (χ1v) is 10.6. The van der Waals surface area contributed by atoms with E-state index in [1.807, 2.05) is 6.92 Å². The number of hydrogen-bond donors (Lipinski definition) is 3. The van der Waals surface area contributed by atoms with Crippen LogP contribution in [0.2, 0.25) is 10.0 Å². The van der Waals surface area contributed by atoms with Crippen molar-refractivity contribution in [3.63, 3.8) is 0 Å². The molecule has 0 aliphatic heterocycles. The maximum atomic E-state index is 13.1. The summed E-state index contributed by atoms with van der Waals surface area (Å²) in [5.41, 5.74) is 4.91. The number of rotatable bonds is 4. The number of aryl methyl sites for hydroxylation is 1. The summed E-state index contributed by atoms with van der Waals surface area (Å²) in [5, 5.41) is 6.84. The van der Waals surface area contributed by atoms with Gasteiger partial charge in [-0.3, -0.25) is 19.8 Å². The van der Waals surface area contributed by atoms with E-state index in [1.54, 1.807) is 72.8 Å². The van der Waals surface area contributed by atoms with Crippen LogP contribution in [-0.4, -0.2) is 22.4 Å². The van der Waals surface area contributed by atoms with Gasteiger partial charge in [0, 0.05) is 26.8 Å². The van der Waals surface area contributed by atoms with E-state index in [-0.39, 0.29) is 5.69 Å². The van der Waals surface area contributed by atoms with Crippen molar-refractivity contribution in [1.82, 2.24) is 4.68 Å². The Morgan fingerprint density at radius 3 is 2.27 bits per heavy atom. The van der Waals surface area contributed by atoms with E-state index in [1.165, 1.54) is 4.68 Å². The number of amides is 3. The molecule has 3 amide bonds. The number of hydrogen-bond acceptors (Lipinski definition) is 3. The molecule has 0 saturated heterocycles. The van der Waals surface area contributed by atoms with E-state index in [0.29, 0.717) is 32.3 Å². The highest BCUT2D eigenvalue weighted by Gasteiger charge is 2.21. The molecule has 0 aliphatic rings. The lowest BCUT2D eigenvalue weighted by atomic mass is 10.2. The minimum absolute atomic E-state index is 0.102. The van der Waals surface area contributed by atoms with Gasteiger partial charge in [0.05, 0.1) is 5.52 Å². The molecule has 0 unspecified atom stereocenters. The van der Waals surface area contributed by atoms with Gasteiger partial charge in [0.2, 0.25) is 0 Å². The highest BCUT2D eigenvalue weighted by atomic mass is 35.5. The van der Waals surface area contributed by atoms with Crippen LogP contribution in [0.4, 0.5) is 11.4 Å². The second kappa shape index (κ2) is 9.36. The fraction of sp³-hybridized carbons (Fsp3) is 0.0417. The van der Waals surface area contributed by atoms with Gasteiger partial charge in [-0.25, -0.2) is 4.68 Å². The Hall–Kier alpha value is -3.81. The van der Waals surface area contributed by atoms with Crippen LogP contribution in [0.3, 0.4) is 0 Å². The summed E-state index contributed by atoms with van der Waals surface area (Å²) in [4.78, 5) is 38.1. The number of carbonyl (C=O) groups is 3. The minimum Gasteiger partial charge on any atom is -0.321 e. The highest BCUT2D eigenvalue weighted by Crippen LogP contribution is 2.25. The summed E-state index contributed by atoms with van der Waals surface area (Å²) in [7, 11) is 0. The zero-order valence-electron chi connectivity index (χ0n) is 17.4. The number of anilines is 2. The fourth-order valence-corrected chi connectivity index (χ4v) is 3.56. The summed E-state index contributed by atoms with van der Waals surface area (Å²) >= 11 is 12.2. The molecule has 3 aromatic carbocycles. The molecular formula is C24H18Cl2N4O3. The average molecular weight is 481 g/mol. The van der Waals surface area contributed by atoms with Gasteiger partial charge in [0.1, 0.15) is 5.69 Å². The van der Waals surface area contributed by atoms with Gasteiger partial charge >= 0.3 is 11.8 Å². The van der Waals surface area contributed by atoms with Gasteiger partial charge in [-0.2, -0.15) is 0 Å². The van der Waals surface area contributed by atoms with Crippen molar-refractivity contribution in [2.75, 3.05) is 16.1 Å². The number of benzene rings is 3. The molecule has 0 aliphatic carbocycles. The Morgan fingerprint density at radius 2 is 1.55 bits per heavy atom. The predicted molar refractivity (Wildman–Crippen MR) is 131 cm³/mol. The smallest absolute Gasteiger partial charge is 0.321 e. The van der Waals surface area contributed by atoms with E-state index in [4.69, 9.17) is 23.2 Å². The third-order valence-corrected chi connectivity index (χ3v) is 5.52. The largest absolute Gasteiger partial charge is 0.328 e. The molecule has 4 rings (SSSR count). The summed E-state index contributed by atoms with van der Waals surface area (Å²) in [6.07, 6.45) is 0. The van der Waals surface area contributed by atoms with Crippen molar-refractivity contribution in [3.05, 3.63) is 94.1 Å². The number of carbonyl (C=O) groups excluding carboxylic acids is 3. The number of nitrogens with zero attached hydrogens (tertiary/aromatic N) is 1. The molecule has 3 N–H and O–H groups in total. The van der Waals surface area contributed by atoms with Gasteiger partial charge in [0.15, 0.2) is 0 Å². The summed E-state index contributed by atoms with van der Waals surface area (Å²) in [6, 6.07) is 20.2. The Morgan fingerprint density at radius 1 is 0.788 bits per heavy atom. The van der Waals surface area contributed by atoms with Gasteiger partial charge in [-0.05, 0) is 61.0 Å². The lowest BCUT2D eigenvalue weighted by Crippen LogP contribution is -2.36. The van der Waals surface area contributed by atoms with Crippen LogP contribution >= 0.6 is 23.2 Å². The number of halogens is 2. The standard InChI is InChI=1S/C24H18Cl2N4O3/c1-14-7-9-18(13-19(14)26)28-22(31)21-12-15-11-16(25)8-10-20(15)30(21)29-24(33)23(32)27-17-5-3-2-4-6-17/h2-13H,1H3,(H,27,32)(H,28,31)(H,29,33). The molecule has 0 saturated carbocycles. The number of aromatic nitrogens is 1. The van der Waals surface area contributed by atoms with E-state index in [2.05, 4.69) is 16.1 Å². The second-order valence-corrected chi connectivity index (χ2v) is 8.09. The van der Waals surface area contributed by atoms with Crippen LogP contribution in [0.1, 0.15) is 16.1 Å². The van der Waals surface area contributed by atoms with Crippen LogP contribution in [0.25, 0.3) is 10.9 Å². The summed E-state index contributed by atoms with van der Waals surface area (Å²) in [6.45, 7) is 1.85. The molecule has 7 nitrogen and oxygen atoms in total. The lowest BCUT2D eigenvalue weighted by Gasteiger charge is -2.13. The van der Waals surface area contributed by atoms with E-state index < -0.39 is 17.7 Å². The van der Waals surface area contributed by atoms with Gasteiger partial charge in [-0.1, -0.05) is 47.5 Å². The highest BCUT2D eigenvalue weighted by molar-refractivity contribution is 6.42. The molecule has 4 aromatic rings. The topological polar surface area (TPSA) is 92.2 Å². The SMILES string of the molecule is Cc1ccc(NC(=O)c2cc3cc(Cl)ccc3n2NC(=O)C(=O)Nc2ccccc2)cc1Cl. The van der Waals surface area contributed by atoms with Gasteiger partial charge in [0.25, 0.3) is 5.91 Å². The maximum Gasteiger partial charge on any atom is 0.328 e. The van der Waals surface area contributed by atoms with Crippen molar-refractivity contribution in [2.45, 2.75) is 6.92 Å². The molecule has 0 atom stereocenters. The van der Waals surface area contributed by atoms with E-state index in [9.17, 15) is 14.4 Å². The van der Waals surface area contributed by atoms with Crippen molar-refractivity contribution in [1.29, 1.82) is 0 Å². The maximum absolute atomic E-state index is 13.1. The molecule has 0 bridgehead atoms. The average Bonchev–Trinajstić information content (AvgIpc) is 3.14. The molecule has 1 aromatic heterocycles. The first-order valence-electron chi connectivity index (χ1n) is 9.88. The van der Waals surface area contributed by atoms with Crippen molar-refractivity contribution in [3.8, 4) is 0 Å². The quantitative estimate of drug-likeness (QED) is 0.349. The molecular weight excluding hydrogens is 463 g/mol. The Kier molecular flexibility index (Phi) is 6.35. The normalized spacial score (nSPS) is 10.6. The molecule has 0 fully saturated rings. The van der Waals surface area contributed by atoms with Crippen molar-refractivity contribution < 1.29 is 14.4 Å². The summed E-state index contributed by atoms with van der Waals surface area (Å²) < 4.78 is 1.25. The van der Waals surface area contributed by atoms with Crippen LogP contribution < -0.4 is 16.1 Å². The number of nitrogens with one attached hydrogen (secondary N) is 3. The molecule has 1 heterocycles. The predicted octanol–water partition coefficient (Wildman–Crippen LogP) is 5.22. The molecule has 0 radical (unpaired) electrons. The fourth-order valence-electron chi connectivity index (χ4n) is 3.20. The van der Waals surface area contributed by atoms with Crippen LogP contribution in [0.15, 0.2) is 72.8 Å². The third-order valence-electron chi connectivity index (χ3n) is 4.88. The first-order chi connectivity index (χ1) is 15.8. The van der Waals surface area contributed by atoms with Crippen molar-refractivity contribution in [2.24, 2.45) is 0 Å². The Balaban J connectivity index is 1.64. The molecule has 9 heteroatoms. The van der Waals surface area contributed by atoms with Gasteiger partial charge < -0.3 is 10.6 Å². The second-order valence-electron chi connectivity index (χ2n) is 7.25.